The number of nitrogens with two attached hydrogens (primary N) is 1. The van der Waals surface area contributed by atoms with Crippen LogP contribution < -0.4 is 27.0 Å². The zero-order valence-electron chi connectivity index (χ0n) is 49.0. The number of carboxylic acids is 1. The third kappa shape index (κ3) is 20.3. The Bertz CT molecular complexity index is 3590. The fraction of sp³-hybridized carbons (Fsp3) is 0.491. The predicted octanol–water partition coefficient (Wildman–Crippen LogP) is 6.73. The summed E-state index contributed by atoms with van der Waals surface area (Å²) in [5, 5.41) is 21.1. The number of hydrogen-bond acceptors (Lipinski definition) is 24. The molecule has 10 N–H and O–H groups in total. The normalized spacial score (nSPS) is 17.2. The van der Waals surface area contributed by atoms with Gasteiger partial charge in [-0.05, 0) is 82.5 Å². The number of nitrogen functional groups attached to an aromatic ring is 1. The van der Waals surface area contributed by atoms with E-state index in [9.17, 15) is 43.0 Å². The van der Waals surface area contributed by atoms with Crippen molar-refractivity contribution in [3.8, 4) is 22.5 Å². The van der Waals surface area contributed by atoms with Crippen molar-refractivity contribution in [2.75, 3.05) is 103 Å². The number of benzene rings is 3. The van der Waals surface area contributed by atoms with Gasteiger partial charge in [-0.3, -0.25) is 23.7 Å². The molecule has 4 aromatic rings. The molecule has 1 saturated heterocycles. The number of nitrogens with one attached hydrogen (secondary N) is 3. The van der Waals surface area contributed by atoms with Crippen LogP contribution in [0.1, 0.15) is 78.6 Å². The summed E-state index contributed by atoms with van der Waals surface area (Å²) in [5.74, 6) is -1.16. The van der Waals surface area contributed by atoms with E-state index in [1.165, 1.54) is 44.9 Å². The van der Waals surface area contributed by atoms with Gasteiger partial charge in [-0.15, -0.1) is 0 Å². The van der Waals surface area contributed by atoms with Gasteiger partial charge in [0.1, 0.15) is 41.5 Å². The number of ether oxygens (including phenoxy) is 6. The van der Waals surface area contributed by atoms with E-state index in [1.54, 1.807) is 12.1 Å². The summed E-state index contributed by atoms with van der Waals surface area (Å²) in [5.41, 5.74) is 11.9. The lowest BCUT2D eigenvalue weighted by Crippen LogP contribution is -2.36. The molecule has 0 radical (unpaired) electrons. The van der Waals surface area contributed by atoms with E-state index in [1.807, 2.05) is 65.8 Å². The lowest BCUT2D eigenvalue weighted by Gasteiger charge is -2.24. The van der Waals surface area contributed by atoms with Crippen molar-refractivity contribution in [3.63, 3.8) is 0 Å². The molecule has 0 bridgehead atoms. The molecule has 2 aliphatic heterocycles. The van der Waals surface area contributed by atoms with Crippen LogP contribution in [0.2, 0.25) is 0 Å². The fourth-order valence-electron chi connectivity index (χ4n) is 9.02. The summed E-state index contributed by atoms with van der Waals surface area (Å²) in [4.78, 5) is 93.1. The van der Waals surface area contributed by atoms with Crippen molar-refractivity contribution in [1.82, 2.24) is 30.2 Å². The summed E-state index contributed by atoms with van der Waals surface area (Å²) in [7, 11) is -14.1. The number of amides is 2. The number of carboxylic acid groups (broad SMARTS) is 1. The molecule has 2 amide bonds. The van der Waals surface area contributed by atoms with Crippen LogP contribution in [0.4, 0.5) is 11.5 Å². The highest BCUT2D eigenvalue weighted by Crippen LogP contribution is 2.66. The van der Waals surface area contributed by atoms with E-state index in [0.717, 1.165) is 33.1 Å². The maximum absolute atomic E-state index is 13.3. The third-order valence-corrected chi connectivity index (χ3v) is 19.7. The van der Waals surface area contributed by atoms with Crippen molar-refractivity contribution in [1.29, 1.82) is 0 Å². The Morgan fingerprint density at radius 1 is 0.852 bits per heavy atom. The van der Waals surface area contributed by atoms with Crippen molar-refractivity contribution in [3.05, 3.63) is 82.7 Å². The zero-order valence-corrected chi connectivity index (χ0v) is 53.3. The first-order chi connectivity index (χ1) is 41.8. The topological polar surface area (TPSA) is 418 Å². The van der Waals surface area contributed by atoms with E-state index in [-0.39, 0.29) is 99.9 Å². The molecule has 35 heteroatoms. The summed E-state index contributed by atoms with van der Waals surface area (Å²) in [6.45, 7) is 14.7. The van der Waals surface area contributed by atoms with Gasteiger partial charge in [0.05, 0.1) is 82.8 Å². The predicted molar refractivity (Wildman–Crippen MR) is 325 cm³/mol. The standard InChI is InChI=1S/C53H72N9O21P3S2/c1-7-55-39-24-41-37(21-32(39)3)47(38-22-33(4)40(56-8-2)25-42(38)80-41)35-10-9-34(23-36(35)52(65)66)51(64)57-12-14-75-16-18-77-20-19-76-17-15-74-13-11-45(63)58-28-53(5,6)88-87-31-78-43-26-46(62-30-61-48-49(54)59-29-60-50(48)62)81-44(43)27-79-85(70,71)83-86(72,73)82-84(67,68)69/h9-10,21-25,29-30,43-44,46,55H,7-8,11-20,26-28,31H2,1-6H3,(H,57,64)(H,58,63)(H,65,66)(H,70,71)(H,72,73)(H2,54,59,60)(H2,67,68,69)/t43?,44-,46-/m1/s1. The number of carbonyl (C=O) groups is 3. The molecule has 3 aliphatic rings. The highest BCUT2D eigenvalue weighted by atomic mass is 33.1. The molecule has 2 aromatic carbocycles. The average Bonchev–Trinajstić information content (AvgIpc) is 2.91. The van der Waals surface area contributed by atoms with Gasteiger partial charge in [0, 0.05) is 83.7 Å². The maximum Gasteiger partial charge on any atom is 0.490 e. The largest absolute Gasteiger partial charge is 0.490 e. The monoisotopic (exact) mass is 1330 g/mol. The Morgan fingerprint density at radius 2 is 1.56 bits per heavy atom. The van der Waals surface area contributed by atoms with Gasteiger partial charge >= 0.3 is 29.4 Å². The molecule has 3 unspecified atom stereocenters. The van der Waals surface area contributed by atoms with Crippen LogP contribution in [0.3, 0.4) is 0 Å². The Hall–Kier alpha value is -5.44. The number of phosphoric acid groups is 3. The van der Waals surface area contributed by atoms with E-state index in [0.29, 0.717) is 54.4 Å². The van der Waals surface area contributed by atoms with Crippen molar-refractivity contribution < 1.29 is 98.7 Å². The maximum atomic E-state index is 13.3. The number of nitrogens with zero attached hydrogens (tertiary/aromatic N) is 5. The molecule has 7 rings (SSSR count). The van der Waals surface area contributed by atoms with Crippen molar-refractivity contribution in [2.24, 2.45) is 4.99 Å². The van der Waals surface area contributed by atoms with Crippen LogP contribution in [0, 0.1) is 13.8 Å². The second kappa shape index (κ2) is 32.0. The Labute approximate surface area is 513 Å². The number of rotatable bonds is 36. The Morgan fingerprint density at radius 3 is 2.24 bits per heavy atom. The van der Waals surface area contributed by atoms with Crippen LogP contribution in [-0.2, 0) is 60.1 Å². The minimum atomic E-state index is -5.76. The highest BCUT2D eigenvalue weighted by Gasteiger charge is 2.44. The minimum absolute atomic E-state index is 0.0382. The van der Waals surface area contributed by atoms with Crippen LogP contribution in [0.5, 0.6) is 0 Å². The lowest BCUT2D eigenvalue weighted by molar-refractivity contribution is -0.122. The molecule has 5 atom stereocenters. The van der Waals surface area contributed by atoms with Gasteiger partial charge in [-0.2, -0.15) is 8.62 Å². The van der Waals surface area contributed by atoms with E-state index in [4.69, 9.17) is 52.9 Å². The summed E-state index contributed by atoms with van der Waals surface area (Å²) in [6, 6.07) is 12.4. The van der Waals surface area contributed by atoms with E-state index in [2.05, 4.69) is 44.5 Å². The molecule has 30 nitrogen and oxygen atoms in total. The number of anilines is 2. The molecule has 2 aromatic heterocycles. The second-order valence-corrected chi connectivity index (χ2v) is 27.6. The number of aryl methyl sites for hydroxylation is 2. The summed E-state index contributed by atoms with van der Waals surface area (Å²) in [6.07, 6.45) is 0.0922. The van der Waals surface area contributed by atoms with Gasteiger partial charge in [0.25, 0.3) is 5.91 Å². The molecular weight excluding hydrogens is 1260 g/mol. The number of aromatic nitrogens is 4. The van der Waals surface area contributed by atoms with Crippen LogP contribution >= 0.6 is 45.1 Å². The Balaban J connectivity index is 0.747. The average molecular weight is 1330 g/mol. The first-order valence-corrected chi connectivity index (χ1v) is 34.4. The SMILES string of the molecule is CCN=c1cc2oc3cc(NCC)c(C)cc3c(-c3ccc(C(=O)NCCOCCOCCOCCOCCC(=O)NCC(C)(C)SSCOC4C[C@H](n5cnc6c(N)ncnc65)O[C@@H]4COP(=O)(O)OP(=O)(O)OP(=O)(O)O)cc3C(=O)O)c-2cc1C. The highest BCUT2D eigenvalue weighted by molar-refractivity contribution is 8.77. The number of fused-ring (bicyclic) bond motifs is 3. The lowest BCUT2D eigenvalue weighted by atomic mass is 9.88. The molecule has 4 heterocycles. The van der Waals surface area contributed by atoms with Gasteiger partial charge < -0.3 is 79.2 Å². The molecule has 1 fully saturated rings. The number of carbonyl (C=O) groups excluding carboxylic acids is 2. The molecule has 1 aliphatic carbocycles. The quantitative estimate of drug-likeness (QED) is 0.00647. The summed E-state index contributed by atoms with van der Waals surface area (Å²) < 4.78 is 89.9. The fourth-order valence-corrected chi connectivity index (χ4v) is 14.2. The third-order valence-electron chi connectivity index (χ3n) is 13.0. The van der Waals surface area contributed by atoms with E-state index >= 15 is 0 Å². The van der Waals surface area contributed by atoms with Crippen molar-refractivity contribution >= 4 is 96.5 Å². The number of aromatic carboxylic acids is 1. The van der Waals surface area contributed by atoms with Crippen LogP contribution in [0.25, 0.3) is 44.6 Å². The first kappa shape index (κ1) is 70.0. The van der Waals surface area contributed by atoms with Gasteiger partial charge in [0.15, 0.2) is 11.5 Å². The first-order valence-electron chi connectivity index (χ1n) is 27.6. The second-order valence-electron chi connectivity index (χ2n) is 20.2. The molecule has 0 spiro atoms. The number of hydrogen-bond donors (Lipinski definition) is 9. The van der Waals surface area contributed by atoms with Gasteiger partial charge in [0.2, 0.25) is 5.91 Å². The molecule has 482 valence electrons. The van der Waals surface area contributed by atoms with Crippen LogP contribution in [0.15, 0.2) is 64.5 Å². The number of imidazole rings is 1. The molecular formula is C53H72N9O21P3S2. The van der Waals surface area contributed by atoms with Gasteiger partial charge in [-0.1, -0.05) is 27.7 Å². The number of phosphoric ester groups is 1. The van der Waals surface area contributed by atoms with Crippen LogP contribution in [-0.4, -0.2) is 171 Å². The molecule has 88 heavy (non-hydrogen) atoms. The molecule has 0 saturated carbocycles. The van der Waals surface area contributed by atoms with E-state index < -0.39 is 65.1 Å². The smallest absolute Gasteiger partial charge is 0.478 e. The zero-order chi connectivity index (χ0) is 63.8. The Kier molecular flexibility index (Phi) is 25.5. The van der Waals surface area contributed by atoms with Gasteiger partial charge in [-0.25, -0.2) is 33.4 Å². The minimum Gasteiger partial charge on any atom is -0.478 e. The van der Waals surface area contributed by atoms with Crippen molar-refractivity contribution in [2.45, 2.75) is 77.6 Å². The summed E-state index contributed by atoms with van der Waals surface area (Å²) >= 11 is 0.